The van der Waals surface area contributed by atoms with E-state index in [1.807, 2.05) is 0 Å². The molecule has 0 atom stereocenters. The SMILES string of the molecule is CNC(=S)Nc1c[nH]c(=O)[nH]c1=O. The Morgan fingerprint density at radius 3 is 2.77 bits per heavy atom. The van der Waals surface area contributed by atoms with E-state index >= 15 is 0 Å². The number of aromatic nitrogens is 2. The van der Waals surface area contributed by atoms with Crippen LogP contribution in [0, 0.1) is 0 Å². The van der Waals surface area contributed by atoms with Gasteiger partial charge in [0.05, 0.1) is 0 Å². The van der Waals surface area contributed by atoms with Crippen LogP contribution in [0.15, 0.2) is 15.8 Å². The van der Waals surface area contributed by atoms with Crippen molar-refractivity contribution in [1.82, 2.24) is 15.3 Å². The number of hydrogen-bond donors (Lipinski definition) is 4. The van der Waals surface area contributed by atoms with Gasteiger partial charge >= 0.3 is 5.69 Å². The predicted octanol–water partition coefficient (Wildman–Crippen LogP) is -1.02. The van der Waals surface area contributed by atoms with Gasteiger partial charge in [-0.25, -0.2) is 4.79 Å². The second kappa shape index (κ2) is 3.85. The molecule has 0 bridgehead atoms. The smallest absolute Gasteiger partial charge is 0.325 e. The van der Waals surface area contributed by atoms with Gasteiger partial charge in [0.25, 0.3) is 5.56 Å². The Labute approximate surface area is 78.4 Å². The number of aromatic amines is 2. The van der Waals surface area contributed by atoms with Crippen LogP contribution in [-0.4, -0.2) is 22.1 Å². The van der Waals surface area contributed by atoms with Gasteiger partial charge in [-0.1, -0.05) is 0 Å². The molecule has 0 saturated carbocycles. The van der Waals surface area contributed by atoms with Crippen molar-refractivity contribution in [3.63, 3.8) is 0 Å². The zero-order chi connectivity index (χ0) is 9.84. The second-order valence-corrected chi connectivity index (χ2v) is 2.60. The third-order valence-electron chi connectivity index (χ3n) is 1.29. The number of H-pyrrole nitrogens is 2. The Hall–Kier alpha value is -1.63. The van der Waals surface area contributed by atoms with E-state index in [4.69, 9.17) is 12.2 Å². The Balaban J connectivity index is 2.97. The summed E-state index contributed by atoms with van der Waals surface area (Å²) in [6, 6.07) is 0. The molecule has 6 nitrogen and oxygen atoms in total. The van der Waals surface area contributed by atoms with E-state index < -0.39 is 11.2 Å². The lowest BCUT2D eigenvalue weighted by Crippen LogP contribution is -2.30. The first-order chi connectivity index (χ1) is 6.13. The number of anilines is 1. The summed E-state index contributed by atoms with van der Waals surface area (Å²) in [4.78, 5) is 26.0. The van der Waals surface area contributed by atoms with Crippen molar-refractivity contribution in [1.29, 1.82) is 0 Å². The van der Waals surface area contributed by atoms with E-state index in [1.54, 1.807) is 7.05 Å². The minimum absolute atomic E-state index is 0.193. The third kappa shape index (κ3) is 2.41. The summed E-state index contributed by atoms with van der Waals surface area (Å²) in [5, 5.41) is 5.53. The van der Waals surface area contributed by atoms with Crippen LogP contribution in [0.5, 0.6) is 0 Å². The molecule has 0 unspecified atom stereocenters. The fraction of sp³-hybridized carbons (Fsp3) is 0.167. The van der Waals surface area contributed by atoms with E-state index in [1.165, 1.54) is 6.20 Å². The first kappa shape index (κ1) is 9.46. The molecule has 1 aromatic heterocycles. The van der Waals surface area contributed by atoms with Crippen molar-refractivity contribution < 1.29 is 0 Å². The van der Waals surface area contributed by atoms with Crippen molar-refractivity contribution >= 4 is 23.0 Å². The summed E-state index contributed by atoms with van der Waals surface area (Å²) in [5.41, 5.74) is -0.869. The summed E-state index contributed by atoms with van der Waals surface area (Å²) < 4.78 is 0. The minimum Gasteiger partial charge on any atom is -0.366 e. The molecule has 0 aromatic carbocycles. The number of nitrogens with one attached hydrogen (secondary N) is 4. The van der Waals surface area contributed by atoms with E-state index in [0.717, 1.165) is 0 Å². The van der Waals surface area contributed by atoms with Crippen molar-refractivity contribution in [2.75, 3.05) is 12.4 Å². The first-order valence-electron chi connectivity index (χ1n) is 3.44. The lowest BCUT2D eigenvalue weighted by atomic mass is 10.5. The quantitative estimate of drug-likeness (QED) is 0.436. The second-order valence-electron chi connectivity index (χ2n) is 2.19. The maximum Gasteiger partial charge on any atom is 0.325 e. The first-order valence-corrected chi connectivity index (χ1v) is 3.85. The number of hydrogen-bond acceptors (Lipinski definition) is 3. The predicted molar refractivity (Wildman–Crippen MR) is 53.0 cm³/mol. The molecular formula is C6H8N4O2S. The molecule has 0 aliphatic rings. The molecule has 0 aliphatic heterocycles. The van der Waals surface area contributed by atoms with Crippen molar-refractivity contribution in [3.05, 3.63) is 27.0 Å². The van der Waals surface area contributed by atoms with E-state index in [2.05, 4.69) is 20.6 Å². The van der Waals surface area contributed by atoms with Crippen LogP contribution < -0.4 is 21.9 Å². The monoisotopic (exact) mass is 200 g/mol. The molecule has 0 aliphatic carbocycles. The van der Waals surface area contributed by atoms with Crippen LogP contribution in [-0.2, 0) is 0 Å². The normalized spacial score (nSPS) is 9.31. The Kier molecular flexibility index (Phi) is 2.80. The van der Waals surface area contributed by atoms with Crippen LogP contribution in [0.2, 0.25) is 0 Å². The standard InChI is InChI=1S/C6H8N4O2S/c1-7-6(13)9-3-2-8-5(12)10-4(3)11/h2H,1H3,(H2,7,9,13)(H2,8,10,11,12). The Bertz CT molecular complexity index is 421. The fourth-order valence-corrected chi connectivity index (χ4v) is 0.797. The van der Waals surface area contributed by atoms with Gasteiger partial charge in [-0.15, -0.1) is 0 Å². The molecule has 0 fully saturated rings. The van der Waals surface area contributed by atoms with Crippen LogP contribution in [0.3, 0.4) is 0 Å². The molecule has 7 heteroatoms. The summed E-state index contributed by atoms with van der Waals surface area (Å²) in [5.74, 6) is 0. The van der Waals surface area contributed by atoms with Gasteiger partial charge in [0, 0.05) is 13.2 Å². The van der Waals surface area contributed by atoms with Gasteiger partial charge in [0.1, 0.15) is 5.69 Å². The molecule has 0 spiro atoms. The van der Waals surface area contributed by atoms with Gasteiger partial charge < -0.3 is 15.6 Å². The average molecular weight is 200 g/mol. The molecule has 4 N–H and O–H groups in total. The van der Waals surface area contributed by atoms with Crippen molar-refractivity contribution in [3.8, 4) is 0 Å². The molecule has 0 amide bonds. The van der Waals surface area contributed by atoms with Crippen molar-refractivity contribution in [2.24, 2.45) is 0 Å². The average Bonchev–Trinajstić information content (AvgIpc) is 2.09. The highest BCUT2D eigenvalue weighted by molar-refractivity contribution is 7.80. The summed E-state index contributed by atoms with van der Waals surface area (Å²) in [6.07, 6.45) is 1.25. The highest BCUT2D eigenvalue weighted by Crippen LogP contribution is 1.90. The van der Waals surface area contributed by atoms with Crippen LogP contribution in [0.25, 0.3) is 0 Å². The zero-order valence-electron chi connectivity index (χ0n) is 6.80. The molecule has 13 heavy (non-hydrogen) atoms. The molecule has 1 heterocycles. The van der Waals surface area contributed by atoms with Gasteiger partial charge in [0.15, 0.2) is 5.11 Å². The Morgan fingerprint density at radius 2 is 2.23 bits per heavy atom. The number of rotatable bonds is 1. The third-order valence-corrected chi connectivity index (χ3v) is 1.60. The summed E-state index contributed by atoms with van der Waals surface area (Å²) >= 11 is 4.76. The van der Waals surface area contributed by atoms with E-state index in [9.17, 15) is 9.59 Å². The van der Waals surface area contributed by atoms with E-state index in [-0.39, 0.29) is 5.69 Å². The largest absolute Gasteiger partial charge is 0.366 e. The van der Waals surface area contributed by atoms with Crippen LogP contribution in [0.1, 0.15) is 0 Å². The van der Waals surface area contributed by atoms with Crippen LogP contribution in [0.4, 0.5) is 5.69 Å². The Morgan fingerprint density at radius 1 is 1.54 bits per heavy atom. The van der Waals surface area contributed by atoms with Crippen LogP contribution >= 0.6 is 12.2 Å². The van der Waals surface area contributed by atoms with Gasteiger partial charge in [0.2, 0.25) is 0 Å². The molecule has 1 aromatic rings. The molecular weight excluding hydrogens is 192 g/mol. The van der Waals surface area contributed by atoms with E-state index in [0.29, 0.717) is 5.11 Å². The van der Waals surface area contributed by atoms with Crippen molar-refractivity contribution in [2.45, 2.75) is 0 Å². The highest BCUT2D eigenvalue weighted by Gasteiger charge is 1.99. The van der Waals surface area contributed by atoms with Gasteiger partial charge in [-0.2, -0.15) is 0 Å². The van der Waals surface area contributed by atoms with Gasteiger partial charge in [-0.3, -0.25) is 9.78 Å². The summed E-state index contributed by atoms with van der Waals surface area (Å²) in [7, 11) is 1.62. The minimum atomic E-state index is -0.550. The number of thiocarbonyl (C=S) groups is 1. The topological polar surface area (TPSA) is 89.8 Å². The maximum absolute atomic E-state index is 11.1. The summed E-state index contributed by atoms with van der Waals surface area (Å²) in [6.45, 7) is 0. The fourth-order valence-electron chi connectivity index (χ4n) is 0.687. The molecule has 70 valence electrons. The van der Waals surface area contributed by atoms with Gasteiger partial charge in [-0.05, 0) is 12.2 Å². The molecule has 0 saturated heterocycles. The molecule has 0 radical (unpaired) electrons. The maximum atomic E-state index is 11.1. The zero-order valence-corrected chi connectivity index (χ0v) is 7.62. The lowest BCUT2D eigenvalue weighted by Gasteiger charge is -2.04. The molecule has 1 rings (SSSR count). The highest BCUT2D eigenvalue weighted by atomic mass is 32.1. The lowest BCUT2D eigenvalue weighted by molar-refractivity contribution is 1.04.